The van der Waals surface area contributed by atoms with Crippen molar-refractivity contribution in [2.75, 3.05) is 53.9 Å². The highest BCUT2D eigenvalue weighted by molar-refractivity contribution is 5.79. The molecule has 26 heavy (non-hydrogen) atoms. The number of piperazine rings is 1. The fourth-order valence-corrected chi connectivity index (χ4v) is 3.09. The minimum Gasteiger partial charge on any atom is -0.493 e. The van der Waals surface area contributed by atoms with Crippen molar-refractivity contribution in [1.82, 2.24) is 20.4 Å². The molecule has 6 nitrogen and oxygen atoms in total. The first-order chi connectivity index (χ1) is 12.5. The zero-order valence-electron chi connectivity index (χ0n) is 17.0. The molecule has 1 aliphatic rings. The van der Waals surface area contributed by atoms with Gasteiger partial charge < -0.3 is 20.3 Å². The van der Waals surface area contributed by atoms with Crippen LogP contribution in [0.2, 0.25) is 0 Å². The van der Waals surface area contributed by atoms with Gasteiger partial charge in [-0.3, -0.25) is 9.89 Å². The summed E-state index contributed by atoms with van der Waals surface area (Å²) in [6, 6.07) is 6.86. The van der Waals surface area contributed by atoms with Crippen LogP contribution in [-0.2, 0) is 6.54 Å². The summed E-state index contributed by atoms with van der Waals surface area (Å²) in [6.07, 6.45) is 1.01. The normalized spacial score (nSPS) is 19.4. The molecule has 1 aromatic rings. The van der Waals surface area contributed by atoms with Gasteiger partial charge in [-0.25, -0.2) is 0 Å². The van der Waals surface area contributed by atoms with Gasteiger partial charge in [0.05, 0.1) is 6.61 Å². The van der Waals surface area contributed by atoms with Gasteiger partial charge in [-0.15, -0.1) is 0 Å². The number of rotatable bonds is 7. The van der Waals surface area contributed by atoms with Crippen molar-refractivity contribution in [3.63, 3.8) is 0 Å². The number of nitrogens with one attached hydrogen (secondary N) is 2. The van der Waals surface area contributed by atoms with Gasteiger partial charge in [0.15, 0.2) is 5.96 Å². The summed E-state index contributed by atoms with van der Waals surface area (Å²) >= 11 is 0. The third-order valence-electron chi connectivity index (χ3n) is 4.84. The summed E-state index contributed by atoms with van der Waals surface area (Å²) in [5, 5.41) is 6.88. The first-order valence-corrected chi connectivity index (χ1v) is 9.59. The maximum absolute atomic E-state index is 5.90. The molecule has 0 spiro atoms. The molecule has 1 aromatic carbocycles. The maximum Gasteiger partial charge on any atom is 0.191 e. The molecule has 0 aromatic heterocycles. The molecule has 146 valence electrons. The molecule has 1 atom stereocenters. The summed E-state index contributed by atoms with van der Waals surface area (Å²) in [5.41, 5.74) is 2.37. The Hall–Kier alpha value is -1.79. The van der Waals surface area contributed by atoms with Crippen LogP contribution in [0.3, 0.4) is 0 Å². The Morgan fingerprint density at radius 1 is 1.27 bits per heavy atom. The molecular weight excluding hydrogens is 326 g/mol. The summed E-state index contributed by atoms with van der Waals surface area (Å²) in [7, 11) is 6.19. The Balaban J connectivity index is 1.88. The second kappa shape index (κ2) is 10.4. The zero-order chi connectivity index (χ0) is 18.9. The van der Waals surface area contributed by atoms with Gasteiger partial charge in [-0.2, -0.15) is 0 Å². The molecule has 0 saturated carbocycles. The number of ether oxygens (including phenoxy) is 1. The molecule has 1 saturated heterocycles. The highest BCUT2D eigenvalue weighted by Gasteiger charge is 2.22. The summed E-state index contributed by atoms with van der Waals surface area (Å²) in [6.45, 7) is 9.85. The number of guanidine groups is 1. The first-order valence-electron chi connectivity index (χ1n) is 9.59. The van der Waals surface area contributed by atoms with Crippen molar-refractivity contribution in [2.24, 2.45) is 4.99 Å². The second-order valence-electron chi connectivity index (χ2n) is 7.16. The van der Waals surface area contributed by atoms with Gasteiger partial charge >= 0.3 is 0 Å². The standard InChI is InChI=1S/C20H35N5O/c1-6-11-26-19-12-16(2)7-8-17(19)13-22-20(21-3)23-14-18-15-24(4)9-10-25(18)5/h7-8,12,18H,6,9-11,13-15H2,1-5H3,(H2,21,22,23). The first kappa shape index (κ1) is 20.5. The number of nitrogens with zero attached hydrogens (tertiary/aromatic N) is 3. The Labute approximate surface area is 158 Å². The van der Waals surface area contributed by atoms with Gasteiger partial charge in [0.25, 0.3) is 0 Å². The van der Waals surface area contributed by atoms with Crippen LogP contribution in [0.15, 0.2) is 23.2 Å². The lowest BCUT2D eigenvalue weighted by Gasteiger charge is -2.37. The van der Waals surface area contributed by atoms with Crippen LogP contribution >= 0.6 is 0 Å². The number of likely N-dealkylation sites (N-methyl/N-ethyl adjacent to an activating group) is 2. The average molecular weight is 362 g/mol. The molecule has 6 heteroatoms. The average Bonchev–Trinajstić information content (AvgIpc) is 2.63. The molecule has 2 N–H and O–H groups in total. The summed E-state index contributed by atoms with van der Waals surface area (Å²) < 4.78 is 5.90. The smallest absolute Gasteiger partial charge is 0.191 e. The summed E-state index contributed by atoms with van der Waals surface area (Å²) in [5.74, 6) is 1.79. The monoisotopic (exact) mass is 361 g/mol. The van der Waals surface area contributed by atoms with Gasteiger partial charge in [0.1, 0.15) is 5.75 Å². The molecule has 0 radical (unpaired) electrons. The van der Waals surface area contributed by atoms with Crippen LogP contribution in [0.5, 0.6) is 5.75 Å². The van der Waals surface area contributed by atoms with E-state index in [0.29, 0.717) is 12.6 Å². The van der Waals surface area contributed by atoms with Gasteiger partial charge in [-0.05, 0) is 39.1 Å². The highest BCUT2D eigenvalue weighted by atomic mass is 16.5. The van der Waals surface area contributed by atoms with Crippen LogP contribution in [0.25, 0.3) is 0 Å². The Kier molecular flexibility index (Phi) is 8.19. The third kappa shape index (κ3) is 6.18. The molecular formula is C20H35N5O. The van der Waals surface area contributed by atoms with Crippen molar-refractivity contribution < 1.29 is 4.74 Å². The molecule has 0 aliphatic carbocycles. The van der Waals surface area contributed by atoms with Crippen molar-refractivity contribution in [3.05, 3.63) is 29.3 Å². The van der Waals surface area contributed by atoms with Crippen molar-refractivity contribution >= 4 is 5.96 Å². The molecule has 1 fully saturated rings. The maximum atomic E-state index is 5.90. The van der Waals surface area contributed by atoms with Crippen LogP contribution < -0.4 is 15.4 Å². The lowest BCUT2D eigenvalue weighted by atomic mass is 10.1. The molecule has 0 bridgehead atoms. The van der Waals surface area contributed by atoms with E-state index in [2.05, 4.69) is 71.6 Å². The predicted octanol–water partition coefficient (Wildman–Crippen LogP) is 1.69. The molecule has 1 unspecified atom stereocenters. The summed E-state index contributed by atoms with van der Waals surface area (Å²) in [4.78, 5) is 9.16. The van der Waals surface area contributed by atoms with E-state index in [9.17, 15) is 0 Å². The number of aliphatic imine (C=N–C) groups is 1. The minimum atomic E-state index is 0.495. The van der Waals surface area contributed by atoms with Gasteiger partial charge in [0, 0.05) is 51.4 Å². The second-order valence-corrected chi connectivity index (χ2v) is 7.16. The Bertz CT molecular complexity index is 590. The van der Waals surface area contributed by atoms with E-state index >= 15 is 0 Å². The lowest BCUT2D eigenvalue weighted by Crippen LogP contribution is -2.55. The quantitative estimate of drug-likeness (QED) is 0.572. The van der Waals surface area contributed by atoms with Crippen molar-refractivity contribution in [3.8, 4) is 5.75 Å². The van der Waals surface area contributed by atoms with Crippen LogP contribution in [-0.4, -0.2) is 75.7 Å². The molecule has 0 amide bonds. The SMILES string of the molecule is CCCOc1cc(C)ccc1CNC(=NC)NCC1CN(C)CCN1C. The fraction of sp³-hybridized carbons (Fsp3) is 0.650. The van der Waals surface area contributed by atoms with Crippen LogP contribution in [0.1, 0.15) is 24.5 Å². The highest BCUT2D eigenvalue weighted by Crippen LogP contribution is 2.20. The molecule has 1 heterocycles. The van der Waals surface area contributed by atoms with E-state index in [-0.39, 0.29) is 0 Å². The van der Waals surface area contributed by atoms with E-state index in [0.717, 1.165) is 56.5 Å². The topological polar surface area (TPSA) is 52.1 Å². The molecule has 2 rings (SSSR count). The minimum absolute atomic E-state index is 0.495. The number of hydrogen-bond acceptors (Lipinski definition) is 4. The van der Waals surface area contributed by atoms with Crippen LogP contribution in [0.4, 0.5) is 0 Å². The van der Waals surface area contributed by atoms with Crippen molar-refractivity contribution in [2.45, 2.75) is 32.9 Å². The van der Waals surface area contributed by atoms with Crippen LogP contribution in [0, 0.1) is 6.92 Å². The van der Waals surface area contributed by atoms with Crippen molar-refractivity contribution in [1.29, 1.82) is 0 Å². The van der Waals surface area contributed by atoms with E-state index in [4.69, 9.17) is 4.74 Å². The van der Waals surface area contributed by atoms with E-state index in [1.54, 1.807) is 0 Å². The zero-order valence-corrected chi connectivity index (χ0v) is 17.0. The third-order valence-corrected chi connectivity index (χ3v) is 4.84. The number of benzene rings is 1. The Morgan fingerprint density at radius 3 is 2.81 bits per heavy atom. The van der Waals surface area contributed by atoms with Gasteiger partial charge in [0.2, 0.25) is 0 Å². The van der Waals surface area contributed by atoms with E-state index in [1.807, 2.05) is 7.05 Å². The lowest BCUT2D eigenvalue weighted by molar-refractivity contribution is 0.116. The predicted molar refractivity (Wildman–Crippen MR) is 109 cm³/mol. The van der Waals surface area contributed by atoms with E-state index in [1.165, 1.54) is 5.56 Å². The molecule has 1 aliphatic heterocycles. The van der Waals surface area contributed by atoms with Gasteiger partial charge in [-0.1, -0.05) is 19.1 Å². The number of aryl methyl sites for hydroxylation is 1. The van der Waals surface area contributed by atoms with E-state index < -0.39 is 0 Å². The largest absolute Gasteiger partial charge is 0.493 e. The fourth-order valence-electron chi connectivity index (χ4n) is 3.09. The Morgan fingerprint density at radius 2 is 2.08 bits per heavy atom. The number of hydrogen-bond donors (Lipinski definition) is 2.